The molecular weight excluding hydrogens is 176 g/mol. The second-order valence-electron chi connectivity index (χ2n) is 4.63. The number of likely N-dealkylation sites (tertiary alicyclic amines) is 1. The van der Waals surface area contributed by atoms with Gasteiger partial charge in [-0.15, -0.1) is 0 Å². The molecule has 1 saturated heterocycles. The van der Waals surface area contributed by atoms with E-state index in [4.69, 9.17) is 0 Å². The lowest BCUT2D eigenvalue weighted by Gasteiger charge is -2.43. The molecule has 2 fully saturated rings. The highest BCUT2D eigenvalue weighted by atomic mass is 16.2. The van der Waals surface area contributed by atoms with Crippen LogP contribution in [0, 0.1) is 11.8 Å². The van der Waals surface area contributed by atoms with Gasteiger partial charge in [0, 0.05) is 25.0 Å². The van der Waals surface area contributed by atoms with Crippen LogP contribution in [-0.2, 0) is 4.79 Å². The van der Waals surface area contributed by atoms with Gasteiger partial charge < -0.3 is 10.2 Å². The first-order valence-corrected chi connectivity index (χ1v) is 5.70. The minimum Gasteiger partial charge on any atom is -0.342 e. The standard InChI is InChI=1S/C11H20N2O/c1-8-9(7-10(8)12-2)11(14)13-5-3-4-6-13/h8-10,12H,3-7H2,1-2H3. The Balaban J connectivity index is 1.87. The summed E-state index contributed by atoms with van der Waals surface area (Å²) in [7, 11) is 1.98. The third kappa shape index (κ3) is 1.54. The molecule has 3 unspecified atom stereocenters. The summed E-state index contributed by atoms with van der Waals surface area (Å²) in [6.07, 6.45) is 3.43. The zero-order chi connectivity index (χ0) is 10.1. The van der Waals surface area contributed by atoms with E-state index in [0.717, 1.165) is 19.5 Å². The molecule has 3 heteroatoms. The molecule has 1 aliphatic heterocycles. The average Bonchev–Trinajstić information content (AvgIpc) is 2.69. The van der Waals surface area contributed by atoms with Gasteiger partial charge in [-0.2, -0.15) is 0 Å². The minimum atomic E-state index is 0.297. The normalized spacial score (nSPS) is 37.0. The number of amides is 1. The quantitative estimate of drug-likeness (QED) is 0.710. The van der Waals surface area contributed by atoms with Crippen LogP contribution in [0.3, 0.4) is 0 Å². The molecule has 2 aliphatic rings. The Morgan fingerprint density at radius 1 is 1.36 bits per heavy atom. The molecule has 0 aromatic carbocycles. The molecule has 2 rings (SSSR count). The van der Waals surface area contributed by atoms with Gasteiger partial charge in [0.2, 0.25) is 5.91 Å². The van der Waals surface area contributed by atoms with Crippen molar-refractivity contribution in [2.45, 2.75) is 32.2 Å². The summed E-state index contributed by atoms with van der Waals surface area (Å²) in [6, 6.07) is 0.562. The fourth-order valence-electron chi connectivity index (χ4n) is 2.67. The van der Waals surface area contributed by atoms with Gasteiger partial charge in [0.25, 0.3) is 0 Å². The highest BCUT2D eigenvalue weighted by Gasteiger charge is 2.43. The van der Waals surface area contributed by atoms with Crippen molar-refractivity contribution < 1.29 is 4.79 Å². The van der Waals surface area contributed by atoms with E-state index in [9.17, 15) is 4.79 Å². The summed E-state index contributed by atoms with van der Waals surface area (Å²) in [6.45, 7) is 4.17. The van der Waals surface area contributed by atoms with Crippen LogP contribution in [0.5, 0.6) is 0 Å². The van der Waals surface area contributed by atoms with Crippen LogP contribution in [0.25, 0.3) is 0 Å². The van der Waals surface area contributed by atoms with Gasteiger partial charge in [-0.25, -0.2) is 0 Å². The molecule has 1 aliphatic carbocycles. The van der Waals surface area contributed by atoms with E-state index >= 15 is 0 Å². The van der Waals surface area contributed by atoms with E-state index in [2.05, 4.69) is 12.2 Å². The molecule has 80 valence electrons. The van der Waals surface area contributed by atoms with Crippen molar-refractivity contribution in [2.24, 2.45) is 11.8 Å². The maximum absolute atomic E-state index is 12.0. The van der Waals surface area contributed by atoms with Crippen LogP contribution in [-0.4, -0.2) is 37.0 Å². The van der Waals surface area contributed by atoms with Crippen molar-refractivity contribution in [1.29, 1.82) is 0 Å². The SMILES string of the molecule is CNC1CC(C(=O)N2CCCC2)C1C. The molecule has 1 amide bonds. The topological polar surface area (TPSA) is 32.3 Å². The van der Waals surface area contributed by atoms with Crippen molar-refractivity contribution in [3.63, 3.8) is 0 Å². The molecule has 0 radical (unpaired) electrons. The van der Waals surface area contributed by atoms with Gasteiger partial charge in [0.05, 0.1) is 0 Å². The lowest BCUT2D eigenvalue weighted by molar-refractivity contribution is -0.141. The van der Waals surface area contributed by atoms with Gasteiger partial charge in [0.15, 0.2) is 0 Å². The molecule has 1 N–H and O–H groups in total. The Kier molecular flexibility index (Phi) is 2.77. The second-order valence-corrected chi connectivity index (χ2v) is 4.63. The zero-order valence-corrected chi connectivity index (χ0v) is 9.12. The number of carbonyl (C=O) groups excluding carboxylic acids is 1. The van der Waals surface area contributed by atoms with Crippen LogP contribution in [0.2, 0.25) is 0 Å². The molecule has 3 nitrogen and oxygen atoms in total. The summed E-state index contributed by atoms with van der Waals surface area (Å²) < 4.78 is 0. The van der Waals surface area contributed by atoms with Gasteiger partial charge >= 0.3 is 0 Å². The third-order valence-electron chi connectivity index (χ3n) is 3.88. The van der Waals surface area contributed by atoms with E-state index in [-0.39, 0.29) is 0 Å². The lowest BCUT2D eigenvalue weighted by atomic mass is 9.69. The lowest BCUT2D eigenvalue weighted by Crippen LogP contribution is -2.53. The highest BCUT2D eigenvalue weighted by Crippen LogP contribution is 2.36. The van der Waals surface area contributed by atoms with Crippen LogP contribution >= 0.6 is 0 Å². The molecule has 0 aromatic rings. The van der Waals surface area contributed by atoms with Gasteiger partial charge in [-0.05, 0) is 32.2 Å². The Labute approximate surface area is 85.8 Å². The maximum Gasteiger partial charge on any atom is 0.226 e. The minimum absolute atomic E-state index is 0.297. The van der Waals surface area contributed by atoms with Crippen LogP contribution in [0.15, 0.2) is 0 Å². The number of carbonyl (C=O) groups is 1. The predicted molar refractivity (Wildman–Crippen MR) is 55.9 cm³/mol. The largest absolute Gasteiger partial charge is 0.342 e. The first-order chi connectivity index (χ1) is 6.74. The van der Waals surface area contributed by atoms with E-state index in [1.807, 2.05) is 11.9 Å². The van der Waals surface area contributed by atoms with Crippen LogP contribution < -0.4 is 5.32 Å². The molecule has 14 heavy (non-hydrogen) atoms. The number of hydrogen-bond acceptors (Lipinski definition) is 2. The Morgan fingerprint density at radius 2 is 2.00 bits per heavy atom. The molecule has 1 saturated carbocycles. The average molecular weight is 196 g/mol. The molecule has 1 heterocycles. The molecule has 0 spiro atoms. The third-order valence-corrected chi connectivity index (χ3v) is 3.88. The fourth-order valence-corrected chi connectivity index (χ4v) is 2.67. The fraction of sp³-hybridized carbons (Fsp3) is 0.909. The van der Waals surface area contributed by atoms with Crippen molar-refractivity contribution in [3.8, 4) is 0 Å². The van der Waals surface area contributed by atoms with Crippen molar-refractivity contribution in [1.82, 2.24) is 10.2 Å². The van der Waals surface area contributed by atoms with Gasteiger partial charge in [-0.3, -0.25) is 4.79 Å². The van der Waals surface area contributed by atoms with Crippen LogP contribution in [0.4, 0.5) is 0 Å². The number of nitrogens with one attached hydrogen (secondary N) is 1. The van der Waals surface area contributed by atoms with Crippen molar-refractivity contribution in [2.75, 3.05) is 20.1 Å². The summed E-state index contributed by atoms with van der Waals surface area (Å²) in [4.78, 5) is 14.0. The van der Waals surface area contributed by atoms with Gasteiger partial charge in [0.1, 0.15) is 0 Å². The molecule has 0 bridgehead atoms. The van der Waals surface area contributed by atoms with E-state index in [0.29, 0.717) is 23.8 Å². The number of rotatable bonds is 2. The monoisotopic (exact) mass is 196 g/mol. The van der Waals surface area contributed by atoms with Gasteiger partial charge in [-0.1, -0.05) is 6.92 Å². The number of hydrogen-bond donors (Lipinski definition) is 1. The molecule has 3 atom stereocenters. The summed E-state index contributed by atoms with van der Waals surface area (Å²) in [5, 5.41) is 3.26. The first kappa shape index (κ1) is 9.97. The van der Waals surface area contributed by atoms with E-state index < -0.39 is 0 Å². The Morgan fingerprint density at radius 3 is 2.50 bits per heavy atom. The van der Waals surface area contributed by atoms with Crippen molar-refractivity contribution >= 4 is 5.91 Å². The summed E-state index contributed by atoms with van der Waals surface area (Å²) in [5.41, 5.74) is 0. The maximum atomic E-state index is 12.0. The van der Waals surface area contributed by atoms with Crippen LogP contribution in [0.1, 0.15) is 26.2 Å². The highest BCUT2D eigenvalue weighted by molar-refractivity contribution is 5.80. The zero-order valence-electron chi connectivity index (χ0n) is 9.12. The Hall–Kier alpha value is -0.570. The smallest absolute Gasteiger partial charge is 0.226 e. The molecular formula is C11H20N2O. The number of nitrogens with zero attached hydrogens (tertiary/aromatic N) is 1. The van der Waals surface area contributed by atoms with E-state index in [1.165, 1.54) is 12.8 Å². The van der Waals surface area contributed by atoms with Crippen molar-refractivity contribution in [3.05, 3.63) is 0 Å². The first-order valence-electron chi connectivity index (χ1n) is 5.70. The predicted octanol–water partition coefficient (Wildman–Crippen LogP) is 0.853. The second kappa shape index (κ2) is 3.89. The van der Waals surface area contributed by atoms with E-state index in [1.54, 1.807) is 0 Å². The summed E-state index contributed by atoms with van der Waals surface area (Å²) in [5.74, 6) is 1.22. The molecule has 0 aromatic heterocycles. The summed E-state index contributed by atoms with van der Waals surface area (Å²) >= 11 is 0. The Bertz CT molecular complexity index is 223.